The summed E-state index contributed by atoms with van der Waals surface area (Å²) >= 11 is 1.12. The molecule has 0 radical (unpaired) electrons. The highest BCUT2D eigenvalue weighted by molar-refractivity contribution is 8.14. The van der Waals surface area contributed by atoms with Gasteiger partial charge in [0.15, 0.2) is 12.6 Å². The van der Waals surface area contributed by atoms with E-state index in [9.17, 15) is 14.4 Å². The standard InChI is InChI=1S/C41H67NO13S/c1-37(2,3)42-34(43)53-31-25-51-33(41(12,13)21-27-16-19-46-26-47-24-30(27)54-35(44)55-38(4,5)6)49-20-17-28(31)22-40(10,11)32-48-18-14-15-29(23-50-32)52-36(45)56-39(7,8)9/h14-17,29-33H,18-26H2,1-13H3,(H,42,43)/b15-14+,27-16+,28-17?. The van der Waals surface area contributed by atoms with Gasteiger partial charge in [-0.05, 0) is 83.4 Å². The molecule has 56 heavy (non-hydrogen) atoms. The summed E-state index contributed by atoms with van der Waals surface area (Å²) in [5.74, 6) is 0. The molecule has 3 aliphatic heterocycles. The molecule has 0 aliphatic carbocycles. The lowest BCUT2D eigenvalue weighted by Gasteiger charge is -2.40. The molecule has 3 heterocycles. The summed E-state index contributed by atoms with van der Waals surface area (Å²) < 4.78 is 59.0. The molecule has 3 aliphatic rings. The van der Waals surface area contributed by atoms with E-state index >= 15 is 0 Å². The Balaban J connectivity index is 1.80. The highest BCUT2D eigenvalue weighted by Crippen LogP contribution is 2.39. The van der Waals surface area contributed by atoms with E-state index in [4.69, 9.17) is 47.4 Å². The van der Waals surface area contributed by atoms with E-state index < -0.39 is 65.1 Å². The van der Waals surface area contributed by atoms with Crippen molar-refractivity contribution in [3.05, 3.63) is 35.5 Å². The van der Waals surface area contributed by atoms with Gasteiger partial charge in [0.05, 0.1) is 39.6 Å². The molecule has 1 amide bonds. The predicted octanol–water partition coefficient (Wildman–Crippen LogP) is 8.23. The quantitative estimate of drug-likeness (QED) is 0.135. The summed E-state index contributed by atoms with van der Waals surface area (Å²) in [5, 5.41) is 2.51. The molecule has 0 aromatic rings. The fourth-order valence-corrected chi connectivity index (χ4v) is 6.72. The summed E-state index contributed by atoms with van der Waals surface area (Å²) in [6.07, 6.45) is 3.31. The van der Waals surface area contributed by atoms with E-state index in [0.29, 0.717) is 12.8 Å². The minimum Gasteiger partial charge on any atom is -0.448 e. The van der Waals surface area contributed by atoms with Gasteiger partial charge in [-0.1, -0.05) is 66.7 Å². The molecule has 0 saturated heterocycles. The lowest BCUT2D eigenvalue weighted by molar-refractivity contribution is -0.211. The number of carbonyl (C=O) groups is 3. The minimum atomic E-state index is -0.797. The van der Waals surface area contributed by atoms with Crippen molar-refractivity contribution in [3.8, 4) is 0 Å². The molecule has 3 rings (SSSR count). The molecule has 0 aromatic carbocycles. The molecule has 14 nitrogen and oxygen atoms in total. The molecule has 15 heteroatoms. The first-order valence-corrected chi connectivity index (χ1v) is 20.1. The average Bonchev–Trinajstić information content (AvgIpc) is 2.98. The summed E-state index contributed by atoms with van der Waals surface area (Å²) in [4.78, 5) is 38.5. The van der Waals surface area contributed by atoms with Crippen molar-refractivity contribution in [2.45, 2.75) is 150 Å². The number of hydrogen-bond acceptors (Lipinski definition) is 14. The molecule has 5 unspecified atom stereocenters. The van der Waals surface area contributed by atoms with Crippen LogP contribution < -0.4 is 5.32 Å². The van der Waals surface area contributed by atoms with Crippen LogP contribution in [-0.4, -0.2) is 111 Å². The van der Waals surface area contributed by atoms with Gasteiger partial charge >= 0.3 is 17.5 Å². The van der Waals surface area contributed by atoms with E-state index in [1.54, 1.807) is 26.8 Å². The van der Waals surface area contributed by atoms with Crippen LogP contribution in [0.5, 0.6) is 0 Å². The monoisotopic (exact) mass is 813 g/mol. The maximum absolute atomic E-state index is 13.2. The van der Waals surface area contributed by atoms with Gasteiger partial charge in [0, 0.05) is 21.1 Å². The Bertz CT molecular complexity index is 1400. The van der Waals surface area contributed by atoms with E-state index in [2.05, 4.69) is 5.32 Å². The second-order valence-corrected chi connectivity index (χ2v) is 20.4. The Kier molecular flexibility index (Phi) is 17.3. The molecule has 0 spiro atoms. The number of nitrogens with one attached hydrogen (secondary N) is 1. The normalized spacial score (nSPS) is 26.6. The molecule has 1 N–H and O–H groups in total. The van der Waals surface area contributed by atoms with Crippen molar-refractivity contribution >= 4 is 29.3 Å². The van der Waals surface area contributed by atoms with Crippen LogP contribution in [0, 0.1) is 10.8 Å². The number of alkyl carbamates (subject to hydrolysis) is 1. The SMILES string of the molecule is CC(C)(C)NC(=O)OC1COC(C(C)(C)C/C2=C\COCOCC2OC(=O)OC(C)(C)C)OCC=C1CC(C)(C)C1OC/C=C/C(OC(=O)SC(C)(C)C)CO1. The van der Waals surface area contributed by atoms with Crippen molar-refractivity contribution in [2.75, 3.05) is 46.4 Å². The van der Waals surface area contributed by atoms with Crippen molar-refractivity contribution in [3.63, 3.8) is 0 Å². The third kappa shape index (κ3) is 17.5. The molecule has 320 valence electrons. The van der Waals surface area contributed by atoms with Gasteiger partial charge in [0.2, 0.25) is 0 Å². The molecule has 0 aromatic heterocycles. The number of thioether (sulfide) groups is 1. The summed E-state index contributed by atoms with van der Waals surface area (Å²) in [6, 6.07) is 0. The largest absolute Gasteiger partial charge is 0.509 e. The Morgan fingerprint density at radius 1 is 0.696 bits per heavy atom. The second-order valence-electron chi connectivity index (χ2n) is 18.6. The summed E-state index contributed by atoms with van der Waals surface area (Å²) in [7, 11) is 0. The topological polar surface area (TPSA) is 156 Å². The summed E-state index contributed by atoms with van der Waals surface area (Å²) in [5.41, 5.74) is -1.02. The first kappa shape index (κ1) is 47.7. The Hall–Kier alpha value is -2.66. The Labute approximate surface area is 338 Å². The zero-order valence-electron chi connectivity index (χ0n) is 35.8. The number of amides is 1. The first-order valence-electron chi connectivity index (χ1n) is 19.3. The van der Waals surface area contributed by atoms with Crippen LogP contribution in [0.25, 0.3) is 0 Å². The molecule has 0 saturated carbocycles. The zero-order valence-corrected chi connectivity index (χ0v) is 36.6. The average molecular weight is 814 g/mol. The van der Waals surface area contributed by atoms with Crippen LogP contribution >= 0.6 is 11.8 Å². The summed E-state index contributed by atoms with van der Waals surface area (Å²) in [6.45, 7) is 25.7. The second kappa shape index (κ2) is 20.3. The molecule has 0 fully saturated rings. The maximum Gasteiger partial charge on any atom is 0.509 e. The van der Waals surface area contributed by atoms with Crippen LogP contribution in [0.2, 0.25) is 0 Å². The van der Waals surface area contributed by atoms with Crippen molar-refractivity contribution in [1.29, 1.82) is 0 Å². The van der Waals surface area contributed by atoms with Crippen LogP contribution in [0.1, 0.15) is 103 Å². The lowest BCUT2D eigenvalue weighted by Crippen LogP contribution is -2.46. The molecule has 0 bridgehead atoms. The molecule has 5 atom stereocenters. The van der Waals surface area contributed by atoms with Gasteiger partial charge < -0.3 is 52.7 Å². The third-order valence-corrected chi connectivity index (χ3v) is 9.29. The van der Waals surface area contributed by atoms with Gasteiger partial charge in [-0.3, -0.25) is 0 Å². The van der Waals surface area contributed by atoms with Gasteiger partial charge in [0.25, 0.3) is 0 Å². The van der Waals surface area contributed by atoms with E-state index in [-0.39, 0.29) is 56.5 Å². The van der Waals surface area contributed by atoms with Crippen LogP contribution in [0.15, 0.2) is 35.5 Å². The van der Waals surface area contributed by atoms with E-state index in [1.807, 2.05) is 87.5 Å². The highest BCUT2D eigenvalue weighted by atomic mass is 32.2. The van der Waals surface area contributed by atoms with Gasteiger partial charge in [-0.15, -0.1) is 0 Å². The van der Waals surface area contributed by atoms with Crippen molar-refractivity contribution in [1.82, 2.24) is 5.32 Å². The fourth-order valence-electron chi connectivity index (χ4n) is 6.05. The van der Waals surface area contributed by atoms with Gasteiger partial charge in [-0.2, -0.15) is 0 Å². The van der Waals surface area contributed by atoms with Crippen molar-refractivity contribution < 1.29 is 61.8 Å². The highest BCUT2D eigenvalue weighted by Gasteiger charge is 2.40. The van der Waals surface area contributed by atoms with E-state index in [1.165, 1.54) is 0 Å². The molecular weight excluding hydrogens is 747 g/mol. The van der Waals surface area contributed by atoms with Crippen molar-refractivity contribution in [2.24, 2.45) is 10.8 Å². The minimum absolute atomic E-state index is 0.00469. The number of hydrogen-bond donors (Lipinski definition) is 1. The van der Waals surface area contributed by atoms with Gasteiger partial charge in [-0.25, -0.2) is 14.4 Å². The van der Waals surface area contributed by atoms with Crippen LogP contribution in [0.3, 0.4) is 0 Å². The Morgan fingerprint density at radius 3 is 1.86 bits per heavy atom. The predicted molar refractivity (Wildman–Crippen MR) is 212 cm³/mol. The lowest BCUT2D eigenvalue weighted by atomic mass is 9.81. The van der Waals surface area contributed by atoms with Crippen LogP contribution in [0.4, 0.5) is 14.4 Å². The fraction of sp³-hybridized carbons (Fsp3) is 0.780. The first-order chi connectivity index (χ1) is 25.8. The zero-order chi connectivity index (χ0) is 42.0. The number of carbonyl (C=O) groups excluding carboxylic acids is 3. The molecular formula is C41H67NO13S. The van der Waals surface area contributed by atoms with Crippen LogP contribution in [-0.2, 0) is 47.4 Å². The van der Waals surface area contributed by atoms with E-state index in [0.717, 1.165) is 22.9 Å². The number of rotatable bonds is 9. The maximum atomic E-state index is 13.2. The number of ether oxygens (including phenoxy) is 10. The smallest absolute Gasteiger partial charge is 0.448 e. The Morgan fingerprint density at radius 2 is 1.27 bits per heavy atom. The third-order valence-electron chi connectivity index (χ3n) is 8.41. The van der Waals surface area contributed by atoms with Gasteiger partial charge in [0.1, 0.15) is 30.7 Å².